The van der Waals surface area contributed by atoms with Crippen molar-refractivity contribution in [2.24, 2.45) is 11.1 Å². The number of nitrogens with one attached hydrogen (secondary N) is 1. The molecule has 1 amide bonds. The molecule has 6 heteroatoms. The molecule has 0 aliphatic carbocycles. The first-order valence-corrected chi connectivity index (χ1v) is 10.3. The van der Waals surface area contributed by atoms with Crippen LogP contribution in [0.3, 0.4) is 0 Å². The second-order valence-corrected chi connectivity index (χ2v) is 8.30. The molecule has 0 bridgehead atoms. The number of amides is 1. The molecule has 0 heterocycles. The van der Waals surface area contributed by atoms with E-state index < -0.39 is 10.0 Å². The summed E-state index contributed by atoms with van der Waals surface area (Å²) in [6, 6.07) is 16.3. The van der Waals surface area contributed by atoms with Crippen LogP contribution in [0.2, 0.25) is 0 Å². The molecule has 0 fully saturated rings. The summed E-state index contributed by atoms with van der Waals surface area (Å²) in [6.45, 7) is 3.89. The lowest BCUT2D eigenvalue weighted by atomic mass is 9.97. The molecule has 0 saturated heterocycles. The van der Waals surface area contributed by atoms with Crippen LogP contribution in [-0.4, -0.2) is 14.3 Å². The summed E-state index contributed by atoms with van der Waals surface area (Å²) in [5.41, 5.74) is 1.98. The van der Waals surface area contributed by atoms with Gasteiger partial charge in [0, 0.05) is 6.42 Å². The molecule has 2 aromatic carbocycles. The summed E-state index contributed by atoms with van der Waals surface area (Å²) in [4.78, 5) is 12.3. The Morgan fingerprint density at radius 1 is 1.08 bits per heavy atom. The number of nitrogens with two attached hydrogens (primary N) is 1. The first-order valence-electron chi connectivity index (χ1n) is 8.71. The molecule has 2 rings (SSSR count). The molecule has 2 atom stereocenters. The summed E-state index contributed by atoms with van der Waals surface area (Å²) in [5.74, 6) is 0.220. The molecule has 0 aliphatic heterocycles. The maximum atomic E-state index is 12.3. The predicted octanol–water partition coefficient (Wildman–Crippen LogP) is 3.17. The van der Waals surface area contributed by atoms with Gasteiger partial charge in [-0.2, -0.15) is 0 Å². The maximum absolute atomic E-state index is 12.3. The quantitative estimate of drug-likeness (QED) is 0.744. The normalized spacial score (nSPS) is 13.8. The highest BCUT2D eigenvalue weighted by Crippen LogP contribution is 2.18. The van der Waals surface area contributed by atoms with Gasteiger partial charge < -0.3 is 5.32 Å². The van der Waals surface area contributed by atoms with Crippen LogP contribution in [0.4, 0.5) is 0 Å². The number of rotatable bonds is 8. The monoisotopic (exact) mass is 374 g/mol. The molecule has 0 saturated carbocycles. The largest absolute Gasteiger partial charge is 0.350 e. The standard InChI is InChI=1S/C20H26N2O3S/c1-15(11-12-17-7-4-3-5-8-17)13-20(23)22-16(2)18-9-6-10-19(14-18)26(21,24)25/h3-10,14-16H,11-13H2,1-2H3,(H,22,23)(H2,21,24,25)/t15-,16-/m1/s1. The van der Waals surface area contributed by atoms with Crippen molar-refractivity contribution in [3.63, 3.8) is 0 Å². The molecule has 0 aromatic heterocycles. The number of hydrogen-bond acceptors (Lipinski definition) is 3. The topological polar surface area (TPSA) is 89.3 Å². The highest BCUT2D eigenvalue weighted by atomic mass is 32.2. The van der Waals surface area contributed by atoms with E-state index in [1.54, 1.807) is 12.1 Å². The lowest BCUT2D eigenvalue weighted by Gasteiger charge is -2.17. The van der Waals surface area contributed by atoms with E-state index in [1.165, 1.54) is 17.7 Å². The first-order chi connectivity index (χ1) is 12.3. The van der Waals surface area contributed by atoms with E-state index >= 15 is 0 Å². The fourth-order valence-electron chi connectivity index (χ4n) is 2.82. The molecule has 140 valence electrons. The third kappa shape index (κ3) is 6.28. The van der Waals surface area contributed by atoms with Crippen LogP contribution in [-0.2, 0) is 21.2 Å². The van der Waals surface area contributed by atoms with Crippen molar-refractivity contribution in [1.29, 1.82) is 0 Å². The Kier molecular flexibility index (Phi) is 6.94. The second kappa shape index (κ2) is 8.96. The van der Waals surface area contributed by atoms with Crippen molar-refractivity contribution >= 4 is 15.9 Å². The van der Waals surface area contributed by atoms with Gasteiger partial charge in [0.15, 0.2) is 0 Å². The molecule has 3 N–H and O–H groups in total. The minimum absolute atomic E-state index is 0.0425. The Labute approximate surface area is 155 Å². The number of hydrogen-bond donors (Lipinski definition) is 2. The van der Waals surface area contributed by atoms with Gasteiger partial charge in [0.25, 0.3) is 0 Å². The van der Waals surface area contributed by atoms with Crippen LogP contribution < -0.4 is 10.5 Å². The van der Waals surface area contributed by atoms with Gasteiger partial charge in [-0.3, -0.25) is 4.79 Å². The Hall–Kier alpha value is -2.18. The van der Waals surface area contributed by atoms with Crippen molar-refractivity contribution in [3.8, 4) is 0 Å². The van der Waals surface area contributed by atoms with E-state index in [-0.39, 0.29) is 22.8 Å². The van der Waals surface area contributed by atoms with Crippen molar-refractivity contribution < 1.29 is 13.2 Å². The number of aryl methyl sites for hydroxylation is 1. The van der Waals surface area contributed by atoms with Crippen molar-refractivity contribution in [2.45, 2.75) is 44.0 Å². The average Bonchev–Trinajstić information content (AvgIpc) is 2.60. The second-order valence-electron chi connectivity index (χ2n) is 6.74. The lowest BCUT2D eigenvalue weighted by Crippen LogP contribution is -2.28. The third-order valence-electron chi connectivity index (χ3n) is 4.37. The third-order valence-corrected chi connectivity index (χ3v) is 5.28. The van der Waals surface area contributed by atoms with Crippen molar-refractivity contribution in [2.75, 3.05) is 0 Å². The smallest absolute Gasteiger partial charge is 0.238 e. The Morgan fingerprint density at radius 2 is 1.77 bits per heavy atom. The first kappa shape index (κ1) is 20.1. The molecule has 0 unspecified atom stereocenters. The zero-order valence-electron chi connectivity index (χ0n) is 15.2. The molecular formula is C20H26N2O3S. The number of benzene rings is 2. The van der Waals surface area contributed by atoms with Crippen LogP contribution in [0, 0.1) is 5.92 Å². The minimum Gasteiger partial charge on any atom is -0.350 e. The van der Waals surface area contributed by atoms with E-state index in [0.717, 1.165) is 12.8 Å². The lowest BCUT2D eigenvalue weighted by molar-refractivity contribution is -0.122. The highest BCUT2D eigenvalue weighted by Gasteiger charge is 2.15. The summed E-state index contributed by atoms with van der Waals surface area (Å²) in [7, 11) is -3.75. The van der Waals surface area contributed by atoms with E-state index in [9.17, 15) is 13.2 Å². The SMILES string of the molecule is C[C@H](CCc1ccccc1)CC(=O)N[C@H](C)c1cccc(S(N)(=O)=O)c1. The summed E-state index contributed by atoms with van der Waals surface area (Å²) in [6.07, 6.45) is 2.32. The Balaban J connectivity index is 1.87. The van der Waals surface area contributed by atoms with Gasteiger partial charge in [0.2, 0.25) is 15.9 Å². The summed E-state index contributed by atoms with van der Waals surface area (Å²) < 4.78 is 22.9. The van der Waals surface area contributed by atoms with Crippen LogP contribution in [0.25, 0.3) is 0 Å². The zero-order valence-corrected chi connectivity index (χ0v) is 16.0. The molecule has 26 heavy (non-hydrogen) atoms. The molecule has 2 aromatic rings. The highest BCUT2D eigenvalue weighted by molar-refractivity contribution is 7.89. The number of carbonyl (C=O) groups excluding carboxylic acids is 1. The van der Waals surface area contributed by atoms with Gasteiger partial charge in [0.1, 0.15) is 0 Å². The molecule has 0 spiro atoms. The summed E-state index contributed by atoms with van der Waals surface area (Å²) >= 11 is 0. The summed E-state index contributed by atoms with van der Waals surface area (Å²) in [5, 5.41) is 8.09. The van der Waals surface area contributed by atoms with E-state index in [2.05, 4.69) is 24.4 Å². The maximum Gasteiger partial charge on any atom is 0.238 e. The fraction of sp³-hybridized carbons (Fsp3) is 0.350. The predicted molar refractivity (Wildman–Crippen MR) is 103 cm³/mol. The fourth-order valence-corrected chi connectivity index (χ4v) is 3.39. The van der Waals surface area contributed by atoms with Gasteiger partial charge in [-0.15, -0.1) is 0 Å². The molecular weight excluding hydrogens is 348 g/mol. The zero-order chi connectivity index (χ0) is 19.2. The minimum atomic E-state index is -3.75. The van der Waals surface area contributed by atoms with Crippen LogP contribution in [0.5, 0.6) is 0 Å². The van der Waals surface area contributed by atoms with Crippen molar-refractivity contribution in [1.82, 2.24) is 5.32 Å². The molecule has 5 nitrogen and oxygen atoms in total. The average molecular weight is 375 g/mol. The van der Waals surface area contributed by atoms with Gasteiger partial charge in [-0.05, 0) is 48.9 Å². The van der Waals surface area contributed by atoms with Crippen LogP contribution in [0.1, 0.15) is 43.9 Å². The van der Waals surface area contributed by atoms with Gasteiger partial charge in [0.05, 0.1) is 10.9 Å². The van der Waals surface area contributed by atoms with Crippen molar-refractivity contribution in [3.05, 3.63) is 65.7 Å². The number of carbonyl (C=O) groups is 1. The molecule has 0 aliphatic rings. The van der Waals surface area contributed by atoms with E-state index in [1.807, 2.05) is 25.1 Å². The van der Waals surface area contributed by atoms with Crippen LogP contribution in [0.15, 0.2) is 59.5 Å². The van der Waals surface area contributed by atoms with E-state index in [0.29, 0.717) is 12.0 Å². The Bertz CT molecular complexity index is 835. The van der Waals surface area contributed by atoms with Gasteiger partial charge in [-0.1, -0.05) is 49.4 Å². The molecule has 0 radical (unpaired) electrons. The van der Waals surface area contributed by atoms with Gasteiger partial charge >= 0.3 is 0 Å². The number of primary sulfonamides is 1. The van der Waals surface area contributed by atoms with Crippen LogP contribution >= 0.6 is 0 Å². The Morgan fingerprint density at radius 3 is 2.42 bits per heavy atom. The van der Waals surface area contributed by atoms with Gasteiger partial charge in [-0.25, -0.2) is 13.6 Å². The number of sulfonamides is 1. The van der Waals surface area contributed by atoms with E-state index in [4.69, 9.17) is 5.14 Å².